The van der Waals surface area contributed by atoms with Gasteiger partial charge in [0.2, 0.25) is 0 Å². The van der Waals surface area contributed by atoms with Crippen molar-refractivity contribution in [1.29, 1.82) is 0 Å². The van der Waals surface area contributed by atoms with Gasteiger partial charge in [-0.25, -0.2) is 0 Å². The predicted octanol–water partition coefficient (Wildman–Crippen LogP) is 2.76. The quantitative estimate of drug-likeness (QED) is 0.736. The number of amides is 1. The second-order valence-corrected chi connectivity index (χ2v) is 5.41. The maximum atomic E-state index is 12.3. The molecule has 4 heteroatoms. The number of carbonyl (C=O) groups excluding carboxylic acids is 1. The number of rotatable bonds is 9. The number of benzene rings is 1. The Morgan fingerprint density at radius 2 is 1.86 bits per heavy atom. The third-order valence-corrected chi connectivity index (χ3v) is 4.16. The molecule has 0 spiro atoms. The van der Waals surface area contributed by atoms with E-state index in [0.29, 0.717) is 18.7 Å². The van der Waals surface area contributed by atoms with Crippen LogP contribution in [0.25, 0.3) is 0 Å². The number of ether oxygens (including phenoxy) is 1. The van der Waals surface area contributed by atoms with Crippen molar-refractivity contribution in [3.05, 3.63) is 30.3 Å². The number of nitrogens with one attached hydrogen (secondary N) is 1. The fourth-order valence-corrected chi connectivity index (χ4v) is 2.15. The standard InChI is InChI=1S/C17H27NO3/c1-4-15(21-14-10-8-7-9-11-14)16(20)18-12-17(5-2,6-3)13-19/h7-11,15,19H,4-6,12-13H2,1-3H3,(H,18,20). The Balaban J connectivity index is 2.59. The van der Waals surface area contributed by atoms with Gasteiger partial charge < -0.3 is 15.2 Å². The van der Waals surface area contributed by atoms with Crippen LogP contribution in [0.15, 0.2) is 30.3 Å². The van der Waals surface area contributed by atoms with E-state index in [-0.39, 0.29) is 17.9 Å². The summed E-state index contributed by atoms with van der Waals surface area (Å²) in [6.45, 7) is 6.54. The molecule has 1 unspecified atom stereocenters. The monoisotopic (exact) mass is 293 g/mol. The number of carbonyl (C=O) groups is 1. The molecule has 1 amide bonds. The maximum Gasteiger partial charge on any atom is 0.261 e. The largest absolute Gasteiger partial charge is 0.481 e. The van der Waals surface area contributed by atoms with Gasteiger partial charge in [0.25, 0.3) is 5.91 Å². The summed E-state index contributed by atoms with van der Waals surface area (Å²) in [6.07, 6.45) is 1.76. The fourth-order valence-electron chi connectivity index (χ4n) is 2.15. The van der Waals surface area contributed by atoms with Crippen LogP contribution in [-0.2, 0) is 4.79 Å². The summed E-state index contributed by atoms with van der Waals surface area (Å²) in [5.74, 6) is 0.569. The summed E-state index contributed by atoms with van der Waals surface area (Å²) in [5, 5.41) is 12.5. The Hall–Kier alpha value is -1.55. The zero-order chi connectivity index (χ0) is 15.7. The van der Waals surface area contributed by atoms with E-state index in [1.165, 1.54) is 0 Å². The highest BCUT2D eigenvalue weighted by Gasteiger charge is 2.27. The highest BCUT2D eigenvalue weighted by Crippen LogP contribution is 2.24. The summed E-state index contributed by atoms with van der Waals surface area (Å²) >= 11 is 0. The molecular weight excluding hydrogens is 266 g/mol. The Bertz CT molecular complexity index is 407. The Labute approximate surface area is 127 Å². The van der Waals surface area contributed by atoms with Gasteiger partial charge in [-0.15, -0.1) is 0 Å². The molecule has 0 aliphatic heterocycles. The lowest BCUT2D eigenvalue weighted by molar-refractivity contribution is -0.128. The zero-order valence-corrected chi connectivity index (χ0v) is 13.3. The first-order valence-corrected chi connectivity index (χ1v) is 7.71. The van der Waals surface area contributed by atoms with Gasteiger partial charge >= 0.3 is 0 Å². The lowest BCUT2D eigenvalue weighted by Gasteiger charge is -2.30. The molecular formula is C17H27NO3. The average molecular weight is 293 g/mol. The predicted molar refractivity (Wildman–Crippen MR) is 84.3 cm³/mol. The van der Waals surface area contributed by atoms with Gasteiger partial charge in [0.05, 0.1) is 6.61 Å². The normalized spacial score (nSPS) is 12.8. The van der Waals surface area contributed by atoms with Gasteiger partial charge in [-0.2, -0.15) is 0 Å². The topological polar surface area (TPSA) is 58.6 Å². The van der Waals surface area contributed by atoms with Crippen LogP contribution in [0.5, 0.6) is 5.75 Å². The van der Waals surface area contributed by atoms with Crippen LogP contribution >= 0.6 is 0 Å². The number of para-hydroxylation sites is 1. The SMILES string of the molecule is CCC(Oc1ccccc1)C(=O)NCC(CC)(CC)CO. The molecule has 0 aliphatic carbocycles. The smallest absolute Gasteiger partial charge is 0.261 e. The zero-order valence-electron chi connectivity index (χ0n) is 13.3. The van der Waals surface area contributed by atoms with Gasteiger partial charge in [0.15, 0.2) is 6.10 Å². The first-order chi connectivity index (χ1) is 10.1. The van der Waals surface area contributed by atoms with Crippen molar-refractivity contribution in [3.8, 4) is 5.75 Å². The number of aliphatic hydroxyl groups excluding tert-OH is 1. The first kappa shape index (κ1) is 17.5. The molecule has 0 saturated heterocycles. The molecule has 1 aromatic rings. The summed E-state index contributed by atoms with van der Waals surface area (Å²) in [5.41, 5.74) is -0.235. The summed E-state index contributed by atoms with van der Waals surface area (Å²) in [7, 11) is 0. The van der Waals surface area contributed by atoms with Crippen molar-refractivity contribution in [2.75, 3.05) is 13.2 Å². The van der Waals surface area contributed by atoms with E-state index in [2.05, 4.69) is 5.32 Å². The van der Waals surface area contributed by atoms with E-state index in [0.717, 1.165) is 12.8 Å². The van der Waals surface area contributed by atoms with Crippen molar-refractivity contribution >= 4 is 5.91 Å². The lowest BCUT2D eigenvalue weighted by atomic mass is 9.83. The highest BCUT2D eigenvalue weighted by molar-refractivity contribution is 5.81. The Kier molecular flexibility index (Phi) is 7.23. The third kappa shape index (κ3) is 5.05. The third-order valence-electron chi connectivity index (χ3n) is 4.16. The van der Waals surface area contributed by atoms with E-state index in [1.54, 1.807) is 0 Å². The molecule has 4 nitrogen and oxygen atoms in total. The van der Waals surface area contributed by atoms with E-state index in [4.69, 9.17) is 4.74 Å². The van der Waals surface area contributed by atoms with Crippen LogP contribution in [0.4, 0.5) is 0 Å². The summed E-state index contributed by atoms with van der Waals surface area (Å²) in [6, 6.07) is 9.35. The van der Waals surface area contributed by atoms with E-state index in [1.807, 2.05) is 51.1 Å². The molecule has 0 saturated carbocycles. The van der Waals surface area contributed by atoms with Crippen molar-refractivity contribution < 1.29 is 14.6 Å². The minimum atomic E-state index is -0.502. The second-order valence-electron chi connectivity index (χ2n) is 5.41. The molecule has 0 heterocycles. The molecule has 0 bridgehead atoms. The molecule has 0 radical (unpaired) electrons. The molecule has 0 aliphatic rings. The number of aliphatic hydroxyl groups is 1. The summed E-state index contributed by atoms with van der Waals surface area (Å²) in [4.78, 5) is 12.3. The molecule has 0 fully saturated rings. The van der Waals surface area contributed by atoms with Crippen LogP contribution in [0.1, 0.15) is 40.0 Å². The van der Waals surface area contributed by atoms with Gasteiger partial charge in [0, 0.05) is 12.0 Å². The van der Waals surface area contributed by atoms with E-state index < -0.39 is 6.10 Å². The summed E-state index contributed by atoms with van der Waals surface area (Å²) < 4.78 is 5.72. The molecule has 2 N–H and O–H groups in total. The first-order valence-electron chi connectivity index (χ1n) is 7.71. The van der Waals surface area contributed by atoms with E-state index in [9.17, 15) is 9.90 Å². The average Bonchev–Trinajstić information content (AvgIpc) is 2.55. The molecule has 1 rings (SSSR count). The molecule has 21 heavy (non-hydrogen) atoms. The van der Waals surface area contributed by atoms with Crippen LogP contribution in [0.3, 0.4) is 0 Å². The molecule has 1 atom stereocenters. The van der Waals surface area contributed by atoms with Crippen LogP contribution in [0, 0.1) is 5.41 Å². The van der Waals surface area contributed by atoms with Crippen molar-refractivity contribution in [2.24, 2.45) is 5.41 Å². The van der Waals surface area contributed by atoms with Crippen molar-refractivity contribution in [3.63, 3.8) is 0 Å². The van der Waals surface area contributed by atoms with Crippen LogP contribution < -0.4 is 10.1 Å². The minimum absolute atomic E-state index is 0.0800. The van der Waals surface area contributed by atoms with Crippen LogP contribution in [0.2, 0.25) is 0 Å². The highest BCUT2D eigenvalue weighted by atomic mass is 16.5. The van der Waals surface area contributed by atoms with Gasteiger partial charge in [-0.3, -0.25) is 4.79 Å². The minimum Gasteiger partial charge on any atom is -0.481 e. The Morgan fingerprint density at radius 1 is 1.24 bits per heavy atom. The lowest BCUT2D eigenvalue weighted by Crippen LogP contribution is -2.44. The van der Waals surface area contributed by atoms with E-state index >= 15 is 0 Å². The molecule has 1 aromatic carbocycles. The second kappa shape index (κ2) is 8.67. The van der Waals surface area contributed by atoms with Gasteiger partial charge in [0.1, 0.15) is 5.75 Å². The van der Waals surface area contributed by atoms with Crippen LogP contribution in [-0.4, -0.2) is 30.3 Å². The Morgan fingerprint density at radius 3 is 2.33 bits per heavy atom. The fraction of sp³-hybridized carbons (Fsp3) is 0.588. The molecule has 0 aromatic heterocycles. The van der Waals surface area contributed by atoms with Gasteiger partial charge in [-0.05, 0) is 31.4 Å². The van der Waals surface area contributed by atoms with Gasteiger partial charge in [-0.1, -0.05) is 39.0 Å². The molecule has 118 valence electrons. The maximum absolute atomic E-state index is 12.3. The van der Waals surface area contributed by atoms with Crippen molar-refractivity contribution in [1.82, 2.24) is 5.32 Å². The van der Waals surface area contributed by atoms with Crippen molar-refractivity contribution in [2.45, 2.75) is 46.1 Å². The number of hydrogen-bond acceptors (Lipinski definition) is 3. The number of hydrogen-bond donors (Lipinski definition) is 2.